The molecule has 4 N–H and O–H groups in total. The van der Waals surface area contributed by atoms with Gasteiger partial charge in [-0.25, -0.2) is 0 Å². The Morgan fingerprint density at radius 1 is 1.69 bits per heavy atom. The van der Waals surface area contributed by atoms with Crippen LogP contribution in [0.5, 0.6) is 0 Å². The second kappa shape index (κ2) is 2.52. The van der Waals surface area contributed by atoms with E-state index < -0.39 is 0 Å². The Morgan fingerprint density at radius 3 is 2.85 bits per heavy atom. The molecular formula is C9H13N3O. The van der Waals surface area contributed by atoms with E-state index in [0.29, 0.717) is 11.4 Å². The molecule has 1 aromatic rings. The van der Waals surface area contributed by atoms with Gasteiger partial charge in [-0.1, -0.05) is 0 Å². The summed E-state index contributed by atoms with van der Waals surface area (Å²) in [5.74, 6) is -0.0725. The van der Waals surface area contributed by atoms with Gasteiger partial charge in [0.25, 0.3) is 5.91 Å². The number of anilines is 1. The van der Waals surface area contributed by atoms with Gasteiger partial charge >= 0.3 is 0 Å². The summed E-state index contributed by atoms with van der Waals surface area (Å²) >= 11 is 0. The topological polar surface area (TPSA) is 70.9 Å². The minimum atomic E-state index is -0.0725. The van der Waals surface area contributed by atoms with E-state index >= 15 is 0 Å². The molecule has 0 unspecified atom stereocenters. The number of nitrogens with two attached hydrogens (primary N) is 1. The molecule has 1 amide bonds. The van der Waals surface area contributed by atoms with Crippen molar-refractivity contribution in [1.29, 1.82) is 0 Å². The Kier molecular flexibility index (Phi) is 1.58. The molecule has 1 aliphatic carbocycles. The molecule has 1 heterocycles. The zero-order chi connectivity index (χ0) is 9.47. The Balaban J connectivity index is 2.05. The van der Waals surface area contributed by atoms with Crippen LogP contribution in [0.1, 0.15) is 30.3 Å². The van der Waals surface area contributed by atoms with Crippen LogP contribution in [0.25, 0.3) is 0 Å². The predicted molar refractivity (Wildman–Crippen MR) is 50.3 cm³/mol. The molecule has 0 bridgehead atoms. The number of hydrogen-bond acceptors (Lipinski definition) is 2. The maximum atomic E-state index is 11.5. The number of amides is 1. The van der Waals surface area contributed by atoms with Gasteiger partial charge in [0.1, 0.15) is 5.69 Å². The maximum absolute atomic E-state index is 11.5. The van der Waals surface area contributed by atoms with Crippen LogP contribution in [0.3, 0.4) is 0 Å². The highest BCUT2D eigenvalue weighted by Gasteiger charge is 2.38. The molecule has 0 aliphatic heterocycles. The minimum absolute atomic E-state index is 0.0248. The van der Waals surface area contributed by atoms with E-state index in [4.69, 9.17) is 5.73 Å². The Bertz CT molecular complexity index is 338. The van der Waals surface area contributed by atoms with Crippen LogP contribution >= 0.6 is 0 Å². The van der Waals surface area contributed by atoms with Crippen LogP contribution in [0.2, 0.25) is 0 Å². The van der Waals surface area contributed by atoms with E-state index in [-0.39, 0.29) is 11.4 Å². The second-order valence-electron chi connectivity index (χ2n) is 3.86. The number of aromatic nitrogens is 1. The first-order chi connectivity index (χ1) is 6.09. The number of H-pyrrole nitrogens is 1. The lowest BCUT2D eigenvalue weighted by Crippen LogP contribution is -2.34. The van der Waals surface area contributed by atoms with E-state index in [0.717, 1.165) is 12.8 Å². The summed E-state index contributed by atoms with van der Waals surface area (Å²) in [4.78, 5) is 14.3. The van der Waals surface area contributed by atoms with Gasteiger partial charge in [0.05, 0.1) is 0 Å². The lowest BCUT2D eigenvalue weighted by Gasteiger charge is -2.09. The molecule has 0 saturated heterocycles. The normalized spacial score (nSPS) is 18.2. The number of carbonyl (C=O) groups is 1. The summed E-state index contributed by atoms with van der Waals surface area (Å²) in [6.07, 6.45) is 3.74. The van der Waals surface area contributed by atoms with E-state index in [1.165, 1.54) is 0 Å². The number of carbonyl (C=O) groups excluding carboxylic acids is 1. The van der Waals surface area contributed by atoms with Crippen molar-refractivity contribution in [1.82, 2.24) is 10.3 Å². The molecule has 1 saturated carbocycles. The standard InChI is InChI=1S/C9H13N3O/c1-9(2-3-9)12-8(13)7-4-6(10)5-11-7/h4-5,11H,2-3,10H2,1H3,(H,12,13). The van der Waals surface area contributed by atoms with Gasteiger partial charge in [-0.05, 0) is 25.8 Å². The molecule has 4 nitrogen and oxygen atoms in total. The summed E-state index contributed by atoms with van der Waals surface area (Å²) in [7, 11) is 0. The highest BCUT2D eigenvalue weighted by Crippen LogP contribution is 2.34. The molecule has 70 valence electrons. The first kappa shape index (κ1) is 8.16. The smallest absolute Gasteiger partial charge is 0.268 e. The summed E-state index contributed by atoms with van der Waals surface area (Å²) in [5, 5.41) is 2.93. The Hall–Kier alpha value is -1.45. The zero-order valence-corrected chi connectivity index (χ0v) is 7.55. The molecule has 4 heteroatoms. The van der Waals surface area contributed by atoms with Crippen LogP contribution in [0.4, 0.5) is 5.69 Å². The lowest BCUT2D eigenvalue weighted by atomic mass is 10.3. The fourth-order valence-electron chi connectivity index (χ4n) is 1.20. The van der Waals surface area contributed by atoms with Gasteiger partial charge in [0, 0.05) is 17.4 Å². The SMILES string of the molecule is CC1(NC(=O)c2cc(N)c[nH]2)CC1. The van der Waals surface area contributed by atoms with Gasteiger partial charge in [0.2, 0.25) is 0 Å². The molecule has 1 aliphatic rings. The third kappa shape index (κ3) is 1.66. The Labute approximate surface area is 76.5 Å². The number of nitrogen functional groups attached to an aromatic ring is 1. The molecule has 1 fully saturated rings. The summed E-state index contributed by atoms with van der Waals surface area (Å²) < 4.78 is 0. The highest BCUT2D eigenvalue weighted by atomic mass is 16.2. The van der Waals surface area contributed by atoms with E-state index in [1.807, 2.05) is 6.92 Å². The van der Waals surface area contributed by atoms with E-state index in [2.05, 4.69) is 10.3 Å². The summed E-state index contributed by atoms with van der Waals surface area (Å²) in [6, 6.07) is 1.64. The number of rotatable bonds is 2. The number of aromatic amines is 1. The molecule has 1 aromatic heterocycles. The van der Waals surface area contributed by atoms with Gasteiger partial charge in [-0.15, -0.1) is 0 Å². The third-order valence-electron chi connectivity index (χ3n) is 2.37. The summed E-state index contributed by atoms with van der Waals surface area (Å²) in [6.45, 7) is 2.04. The molecule has 0 atom stereocenters. The Morgan fingerprint density at radius 2 is 2.38 bits per heavy atom. The van der Waals surface area contributed by atoms with Gasteiger partial charge in [0.15, 0.2) is 0 Å². The molecule has 0 aromatic carbocycles. The third-order valence-corrected chi connectivity index (χ3v) is 2.37. The quantitative estimate of drug-likeness (QED) is 0.630. The number of hydrogen-bond donors (Lipinski definition) is 3. The number of nitrogens with one attached hydrogen (secondary N) is 2. The van der Waals surface area contributed by atoms with Crippen molar-refractivity contribution in [3.05, 3.63) is 18.0 Å². The molecular weight excluding hydrogens is 166 g/mol. The van der Waals surface area contributed by atoms with Crippen LogP contribution in [-0.4, -0.2) is 16.4 Å². The average molecular weight is 179 g/mol. The molecule has 0 radical (unpaired) electrons. The van der Waals surface area contributed by atoms with Crippen LogP contribution in [0.15, 0.2) is 12.3 Å². The fourth-order valence-corrected chi connectivity index (χ4v) is 1.20. The van der Waals surface area contributed by atoms with E-state index in [9.17, 15) is 4.79 Å². The minimum Gasteiger partial charge on any atom is -0.397 e. The molecule has 0 spiro atoms. The fraction of sp³-hybridized carbons (Fsp3) is 0.444. The monoisotopic (exact) mass is 179 g/mol. The maximum Gasteiger partial charge on any atom is 0.268 e. The average Bonchev–Trinajstić information content (AvgIpc) is 2.62. The van der Waals surface area contributed by atoms with Crippen molar-refractivity contribution >= 4 is 11.6 Å². The lowest BCUT2D eigenvalue weighted by molar-refractivity contribution is 0.0931. The molecule has 2 rings (SSSR count). The van der Waals surface area contributed by atoms with Crippen LogP contribution in [-0.2, 0) is 0 Å². The van der Waals surface area contributed by atoms with Crippen LogP contribution in [0, 0.1) is 0 Å². The highest BCUT2D eigenvalue weighted by molar-refractivity contribution is 5.94. The van der Waals surface area contributed by atoms with Crippen molar-refractivity contribution in [2.45, 2.75) is 25.3 Å². The van der Waals surface area contributed by atoms with E-state index in [1.54, 1.807) is 12.3 Å². The van der Waals surface area contributed by atoms with Crippen molar-refractivity contribution < 1.29 is 4.79 Å². The first-order valence-electron chi connectivity index (χ1n) is 4.35. The van der Waals surface area contributed by atoms with Crippen molar-refractivity contribution in [3.8, 4) is 0 Å². The van der Waals surface area contributed by atoms with Crippen molar-refractivity contribution in [2.75, 3.05) is 5.73 Å². The summed E-state index contributed by atoms with van der Waals surface area (Å²) in [5.41, 5.74) is 6.63. The molecule has 13 heavy (non-hydrogen) atoms. The van der Waals surface area contributed by atoms with Crippen LogP contribution < -0.4 is 11.1 Å². The van der Waals surface area contributed by atoms with Crippen molar-refractivity contribution in [3.63, 3.8) is 0 Å². The van der Waals surface area contributed by atoms with Gasteiger partial charge in [-0.2, -0.15) is 0 Å². The first-order valence-corrected chi connectivity index (χ1v) is 4.35. The van der Waals surface area contributed by atoms with Gasteiger partial charge < -0.3 is 16.0 Å². The van der Waals surface area contributed by atoms with Gasteiger partial charge in [-0.3, -0.25) is 4.79 Å². The van der Waals surface area contributed by atoms with Crippen molar-refractivity contribution in [2.24, 2.45) is 0 Å². The zero-order valence-electron chi connectivity index (χ0n) is 7.55. The largest absolute Gasteiger partial charge is 0.397 e. The second-order valence-corrected chi connectivity index (χ2v) is 3.86. The predicted octanol–water partition coefficient (Wildman–Crippen LogP) is 0.879.